The van der Waals surface area contributed by atoms with Gasteiger partial charge in [-0.25, -0.2) is 9.37 Å². The van der Waals surface area contributed by atoms with Gasteiger partial charge in [0.1, 0.15) is 18.5 Å². The van der Waals surface area contributed by atoms with E-state index >= 15 is 0 Å². The molecule has 0 fully saturated rings. The van der Waals surface area contributed by atoms with Gasteiger partial charge in [0.2, 0.25) is 0 Å². The molecule has 2 aromatic rings. The van der Waals surface area contributed by atoms with E-state index in [1.807, 2.05) is 0 Å². The number of hydrogen-bond acceptors (Lipinski definition) is 4. The van der Waals surface area contributed by atoms with Crippen LogP contribution in [0.25, 0.3) is 0 Å². The molecule has 3 rings (SSSR count). The van der Waals surface area contributed by atoms with Crippen LogP contribution in [0.15, 0.2) is 48.4 Å². The number of hydrogen-bond donors (Lipinski definition) is 1. The van der Waals surface area contributed by atoms with Crippen LogP contribution in [0, 0.1) is 5.82 Å². The van der Waals surface area contributed by atoms with Crippen LogP contribution in [-0.2, 0) is 6.54 Å². The van der Waals surface area contributed by atoms with Crippen molar-refractivity contribution < 1.29 is 9.50 Å². The van der Waals surface area contributed by atoms with Gasteiger partial charge in [-0.05, 0) is 30.2 Å². The van der Waals surface area contributed by atoms with Crippen LogP contribution in [0.1, 0.15) is 18.1 Å². The van der Waals surface area contributed by atoms with E-state index in [-0.39, 0.29) is 5.82 Å². The van der Waals surface area contributed by atoms with Gasteiger partial charge in [-0.1, -0.05) is 6.08 Å². The quantitative estimate of drug-likeness (QED) is 0.880. The third-order valence-corrected chi connectivity index (χ3v) is 4.98. The van der Waals surface area contributed by atoms with Crippen molar-refractivity contribution in [3.8, 4) is 0 Å². The first-order chi connectivity index (χ1) is 9.64. The summed E-state index contributed by atoms with van der Waals surface area (Å²) in [6.45, 7) is 4.26. The van der Waals surface area contributed by atoms with Gasteiger partial charge in [0.25, 0.3) is 0 Å². The molecule has 0 radical (unpaired) electrons. The molecule has 2 heterocycles. The molecule has 6 heteroatoms. The van der Waals surface area contributed by atoms with E-state index in [0.29, 0.717) is 18.5 Å². The average molecular weight is 291 g/mol. The number of nitrogens with zero attached hydrogens (tertiary/aromatic N) is 3. The lowest BCUT2D eigenvalue weighted by molar-refractivity contribution is 0.121. The second-order valence-electron chi connectivity index (χ2n) is 4.84. The largest absolute Gasteiger partial charge is 0.387 e. The third-order valence-electron chi connectivity index (χ3n) is 3.46. The molecule has 20 heavy (non-hydrogen) atoms. The van der Waals surface area contributed by atoms with Crippen LogP contribution in [0.5, 0.6) is 0 Å². The maximum atomic E-state index is 13.4. The SMILES string of the molecule is C=CC[C@]1(Cn2cncn2)Sc2ccc(F)cc2[C@@H]1O. The summed E-state index contributed by atoms with van der Waals surface area (Å²) in [5, 5.41) is 14.7. The Labute approximate surface area is 120 Å². The Hall–Kier alpha value is -1.66. The lowest BCUT2D eigenvalue weighted by Crippen LogP contribution is -2.34. The van der Waals surface area contributed by atoms with E-state index in [1.54, 1.807) is 34.9 Å². The highest BCUT2D eigenvalue weighted by Gasteiger charge is 2.46. The molecule has 4 nitrogen and oxygen atoms in total. The number of thioether (sulfide) groups is 1. The molecule has 2 atom stereocenters. The fourth-order valence-corrected chi connectivity index (χ4v) is 4.05. The summed E-state index contributed by atoms with van der Waals surface area (Å²) in [7, 11) is 0. The Morgan fingerprint density at radius 3 is 3.10 bits per heavy atom. The van der Waals surface area contributed by atoms with E-state index in [2.05, 4.69) is 16.7 Å². The van der Waals surface area contributed by atoms with E-state index in [1.165, 1.54) is 18.5 Å². The molecular weight excluding hydrogens is 277 g/mol. The van der Waals surface area contributed by atoms with Gasteiger partial charge >= 0.3 is 0 Å². The van der Waals surface area contributed by atoms with Crippen LogP contribution in [0.2, 0.25) is 0 Å². The molecule has 1 aromatic carbocycles. The second-order valence-corrected chi connectivity index (χ2v) is 6.29. The van der Waals surface area contributed by atoms with E-state index in [4.69, 9.17) is 0 Å². The molecule has 104 valence electrons. The number of fused-ring (bicyclic) bond motifs is 1. The molecule has 0 aliphatic carbocycles. The van der Waals surface area contributed by atoms with Gasteiger partial charge in [-0.15, -0.1) is 18.3 Å². The zero-order valence-electron chi connectivity index (χ0n) is 10.7. The van der Waals surface area contributed by atoms with Crippen LogP contribution in [0.3, 0.4) is 0 Å². The van der Waals surface area contributed by atoms with Crippen molar-refractivity contribution in [2.45, 2.75) is 28.7 Å². The third kappa shape index (κ3) is 2.14. The summed E-state index contributed by atoms with van der Waals surface area (Å²) in [6.07, 6.45) is 4.67. The Bertz CT molecular complexity index is 631. The Morgan fingerprint density at radius 1 is 1.55 bits per heavy atom. The van der Waals surface area contributed by atoms with Crippen molar-refractivity contribution in [1.29, 1.82) is 0 Å². The molecule has 0 spiro atoms. The molecule has 0 saturated heterocycles. The van der Waals surface area contributed by atoms with Gasteiger partial charge < -0.3 is 5.11 Å². The topological polar surface area (TPSA) is 50.9 Å². The molecule has 0 unspecified atom stereocenters. The van der Waals surface area contributed by atoms with E-state index < -0.39 is 10.9 Å². The number of halogens is 1. The molecule has 0 bridgehead atoms. The monoisotopic (exact) mass is 291 g/mol. The molecular formula is C14H14FN3OS. The first-order valence-electron chi connectivity index (χ1n) is 6.24. The smallest absolute Gasteiger partial charge is 0.137 e. The summed E-state index contributed by atoms with van der Waals surface area (Å²) in [4.78, 5) is 4.82. The number of allylic oxidation sites excluding steroid dienone is 1. The normalized spacial score (nSPS) is 24.6. The van der Waals surface area contributed by atoms with Crippen molar-refractivity contribution in [1.82, 2.24) is 14.8 Å². The van der Waals surface area contributed by atoms with Crippen LogP contribution in [-0.4, -0.2) is 24.6 Å². The Kier molecular flexibility index (Phi) is 3.35. The van der Waals surface area contributed by atoms with Gasteiger partial charge in [0.15, 0.2) is 0 Å². The maximum Gasteiger partial charge on any atom is 0.137 e. The highest BCUT2D eigenvalue weighted by atomic mass is 32.2. The lowest BCUT2D eigenvalue weighted by Gasteiger charge is -2.30. The number of benzene rings is 1. The minimum atomic E-state index is -0.764. The predicted molar refractivity (Wildman–Crippen MR) is 74.8 cm³/mol. The van der Waals surface area contributed by atoms with Gasteiger partial charge in [0.05, 0.1) is 17.4 Å². The fraction of sp³-hybridized carbons (Fsp3) is 0.286. The number of rotatable bonds is 4. The molecule has 1 aliphatic rings. The predicted octanol–water partition coefficient (Wildman–Crippen LogP) is 2.57. The van der Waals surface area contributed by atoms with Crippen LogP contribution >= 0.6 is 11.8 Å². The minimum absolute atomic E-state index is 0.335. The Morgan fingerprint density at radius 2 is 2.40 bits per heavy atom. The molecule has 1 aromatic heterocycles. The first kappa shape index (κ1) is 13.3. The highest BCUT2D eigenvalue weighted by molar-refractivity contribution is 8.01. The zero-order chi connectivity index (χ0) is 14.2. The Balaban J connectivity index is 1.98. The first-order valence-corrected chi connectivity index (χ1v) is 7.06. The lowest BCUT2D eigenvalue weighted by atomic mass is 9.92. The van der Waals surface area contributed by atoms with Crippen molar-refractivity contribution in [3.05, 3.63) is 54.9 Å². The van der Waals surface area contributed by atoms with Crippen LogP contribution in [0.4, 0.5) is 4.39 Å². The summed E-state index contributed by atoms with van der Waals surface area (Å²) >= 11 is 1.55. The van der Waals surface area contributed by atoms with Crippen molar-refractivity contribution >= 4 is 11.8 Å². The minimum Gasteiger partial charge on any atom is -0.387 e. The van der Waals surface area contributed by atoms with Gasteiger partial charge in [-0.2, -0.15) is 5.10 Å². The van der Waals surface area contributed by atoms with Crippen molar-refractivity contribution in [2.75, 3.05) is 0 Å². The second kappa shape index (κ2) is 5.03. The molecule has 0 amide bonds. The molecule has 1 N–H and O–H groups in total. The molecule has 1 aliphatic heterocycles. The number of aromatic nitrogens is 3. The summed E-state index contributed by atoms with van der Waals surface area (Å²) in [5.41, 5.74) is 0.636. The summed E-state index contributed by atoms with van der Waals surface area (Å²) in [6, 6.07) is 4.53. The van der Waals surface area contributed by atoms with E-state index in [0.717, 1.165) is 4.90 Å². The van der Waals surface area contributed by atoms with Gasteiger partial charge in [0, 0.05) is 4.90 Å². The van der Waals surface area contributed by atoms with Crippen molar-refractivity contribution in [3.63, 3.8) is 0 Å². The maximum absolute atomic E-state index is 13.4. The highest BCUT2D eigenvalue weighted by Crippen LogP contribution is 2.54. The fourth-order valence-electron chi connectivity index (χ4n) is 2.55. The number of aliphatic hydroxyl groups is 1. The van der Waals surface area contributed by atoms with Gasteiger partial charge in [-0.3, -0.25) is 4.68 Å². The van der Waals surface area contributed by atoms with E-state index in [9.17, 15) is 9.50 Å². The standard InChI is InChI=1S/C14H14FN3OS/c1-2-5-14(7-18-9-16-8-17-18)13(19)11-6-10(15)3-4-12(11)20-14/h2-4,6,8-9,13,19H,1,5,7H2/t13-,14+/m0/s1. The average Bonchev–Trinajstić information content (AvgIpc) is 3.00. The zero-order valence-corrected chi connectivity index (χ0v) is 11.6. The van der Waals surface area contributed by atoms with Crippen molar-refractivity contribution in [2.24, 2.45) is 0 Å². The molecule has 0 saturated carbocycles. The summed E-state index contributed by atoms with van der Waals surface area (Å²) in [5.74, 6) is -0.335. The number of aliphatic hydroxyl groups excluding tert-OH is 1. The van der Waals surface area contributed by atoms with Crippen LogP contribution < -0.4 is 0 Å². The summed E-state index contributed by atoms with van der Waals surface area (Å²) < 4.78 is 14.5.